The predicted molar refractivity (Wildman–Crippen MR) is 111 cm³/mol. The van der Waals surface area contributed by atoms with Gasteiger partial charge in [0.1, 0.15) is 0 Å². The molecule has 3 fully saturated rings. The number of likely N-dealkylation sites (N-methyl/N-ethyl adjacent to an activating group) is 1. The van der Waals surface area contributed by atoms with E-state index in [1.54, 1.807) is 0 Å². The third-order valence-electron chi connectivity index (χ3n) is 6.78. The number of benzene rings is 1. The molecular formula is C23H35N3O2. The molecule has 0 aromatic heterocycles. The van der Waals surface area contributed by atoms with Crippen LogP contribution in [0.3, 0.4) is 0 Å². The molecular weight excluding hydrogens is 350 g/mol. The molecule has 1 amide bonds. The van der Waals surface area contributed by atoms with Crippen LogP contribution < -0.4 is 0 Å². The monoisotopic (exact) mass is 385 g/mol. The van der Waals surface area contributed by atoms with Crippen LogP contribution in [0.25, 0.3) is 0 Å². The molecule has 1 aromatic rings. The maximum absolute atomic E-state index is 13.3. The molecule has 0 unspecified atom stereocenters. The molecule has 2 saturated heterocycles. The number of morpholine rings is 1. The fourth-order valence-corrected chi connectivity index (χ4v) is 5.21. The van der Waals surface area contributed by atoms with Gasteiger partial charge in [0, 0.05) is 19.1 Å². The summed E-state index contributed by atoms with van der Waals surface area (Å²) in [5.41, 5.74) is 1.20. The topological polar surface area (TPSA) is 36.0 Å². The van der Waals surface area contributed by atoms with Gasteiger partial charge in [0.05, 0.1) is 25.3 Å². The lowest BCUT2D eigenvalue weighted by Crippen LogP contribution is -2.53. The minimum absolute atomic E-state index is 0.0139. The summed E-state index contributed by atoms with van der Waals surface area (Å²) in [4.78, 5) is 20.2. The molecule has 1 saturated carbocycles. The number of hydrogen-bond donors (Lipinski definition) is 0. The Bertz CT molecular complexity index is 626. The highest BCUT2D eigenvalue weighted by atomic mass is 16.5. The van der Waals surface area contributed by atoms with E-state index in [-0.39, 0.29) is 18.1 Å². The summed E-state index contributed by atoms with van der Waals surface area (Å²) in [5.74, 6) is 0.248. The number of carbonyl (C=O) groups is 1. The van der Waals surface area contributed by atoms with Gasteiger partial charge in [-0.2, -0.15) is 0 Å². The van der Waals surface area contributed by atoms with Gasteiger partial charge >= 0.3 is 0 Å². The van der Waals surface area contributed by atoms with Gasteiger partial charge in [-0.25, -0.2) is 0 Å². The first-order valence-corrected chi connectivity index (χ1v) is 11.1. The van der Waals surface area contributed by atoms with Crippen LogP contribution in [0.5, 0.6) is 0 Å². The third kappa shape index (κ3) is 4.58. The Morgan fingerprint density at radius 1 is 1.07 bits per heavy atom. The maximum Gasteiger partial charge on any atom is 0.237 e. The SMILES string of the molecule is CN(CC(=O)N1CCO[C@@H](CN2CCCC2)[C@@H]1c1ccccc1)C1CCCC1. The van der Waals surface area contributed by atoms with Crippen molar-refractivity contribution in [3.63, 3.8) is 0 Å². The van der Waals surface area contributed by atoms with Crippen molar-refractivity contribution >= 4 is 5.91 Å². The second-order valence-corrected chi connectivity index (χ2v) is 8.71. The van der Waals surface area contributed by atoms with Gasteiger partial charge in [-0.15, -0.1) is 0 Å². The van der Waals surface area contributed by atoms with Crippen LogP contribution in [0.2, 0.25) is 0 Å². The zero-order chi connectivity index (χ0) is 19.3. The number of rotatable bonds is 6. The van der Waals surface area contributed by atoms with Crippen LogP contribution in [-0.2, 0) is 9.53 Å². The molecule has 0 bridgehead atoms. The average molecular weight is 386 g/mol. The van der Waals surface area contributed by atoms with E-state index in [9.17, 15) is 4.79 Å². The van der Waals surface area contributed by atoms with Gasteiger partial charge < -0.3 is 14.5 Å². The predicted octanol–water partition coefficient (Wildman–Crippen LogP) is 2.93. The number of hydrogen-bond acceptors (Lipinski definition) is 4. The van der Waals surface area contributed by atoms with Gasteiger partial charge in [0.25, 0.3) is 0 Å². The van der Waals surface area contributed by atoms with E-state index in [0.29, 0.717) is 25.7 Å². The molecule has 28 heavy (non-hydrogen) atoms. The lowest BCUT2D eigenvalue weighted by molar-refractivity contribution is -0.149. The molecule has 5 nitrogen and oxygen atoms in total. The third-order valence-corrected chi connectivity index (χ3v) is 6.78. The van der Waals surface area contributed by atoms with E-state index in [4.69, 9.17) is 4.74 Å². The van der Waals surface area contributed by atoms with Crippen LogP contribution in [0.1, 0.15) is 50.1 Å². The molecule has 5 heteroatoms. The largest absolute Gasteiger partial charge is 0.373 e. The Labute approximate surface area is 169 Å². The van der Waals surface area contributed by atoms with Crippen LogP contribution in [0.15, 0.2) is 30.3 Å². The summed E-state index contributed by atoms with van der Waals surface area (Å²) in [6, 6.07) is 11.1. The molecule has 154 valence electrons. The van der Waals surface area contributed by atoms with Crippen LogP contribution in [0, 0.1) is 0 Å². The van der Waals surface area contributed by atoms with E-state index >= 15 is 0 Å². The highest BCUT2D eigenvalue weighted by molar-refractivity contribution is 5.79. The summed E-state index contributed by atoms with van der Waals surface area (Å²) in [7, 11) is 2.12. The van der Waals surface area contributed by atoms with Crippen LogP contribution in [0.4, 0.5) is 0 Å². The highest BCUT2D eigenvalue weighted by Crippen LogP contribution is 2.31. The summed E-state index contributed by atoms with van der Waals surface area (Å²) in [5, 5.41) is 0. The number of ether oxygens (including phenoxy) is 1. The Balaban J connectivity index is 1.50. The Kier molecular flexibility index (Phi) is 6.65. The molecule has 2 atom stereocenters. The number of nitrogens with zero attached hydrogens (tertiary/aromatic N) is 3. The molecule has 1 aliphatic carbocycles. The summed E-state index contributed by atoms with van der Waals surface area (Å²) in [6.45, 7) is 5.07. The minimum atomic E-state index is 0.0139. The van der Waals surface area contributed by atoms with E-state index in [1.807, 2.05) is 6.07 Å². The number of amides is 1. The maximum atomic E-state index is 13.3. The molecule has 4 rings (SSSR count). The first-order chi connectivity index (χ1) is 13.7. The zero-order valence-electron chi connectivity index (χ0n) is 17.3. The molecule has 2 heterocycles. The highest BCUT2D eigenvalue weighted by Gasteiger charge is 2.38. The van der Waals surface area contributed by atoms with Gasteiger partial charge in [-0.3, -0.25) is 9.69 Å². The number of carbonyl (C=O) groups excluding carboxylic acids is 1. The summed E-state index contributed by atoms with van der Waals surface area (Å²) >= 11 is 0. The fourth-order valence-electron chi connectivity index (χ4n) is 5.21. The lowest BCUT2D eigenvalue weighted by Gasteiger charge is -2.43. The molecule has 0 spiro atoms. The molecule has 1 aromatic carbocycles. The second kappa shape index (κ2) is 9.38. The first kappa shape index (κ1) is 19.9. The van der Waals surface area contributed by atoms with E-state index < -0.39 is 0 Å². The Morgan fingerprint density at radius 3 is 2.50 bits per heavy atom. The lowest BCUT2D eigenvalue weighted by atomic mass is 9.97. The van der Waals surface area contributed by atoms with Crippen molar-refractivity contribution in [2.75, 3.05) is 46.4 Å². The molecule has 2 aliphatic heterocycles. The zero-order valence-corrected chi connectivity index (χ0v) is 17.3. The van der Waals surface area contributed by atoms with Crippen molar-refractivity contribution in [3.8, 4) is 0 Å². The van der Waals surface area contributed by atoms with Crippen molar-refractivity contribution in [2.45, 2.75) is 56.7 Å². The van der Waals surface area contributed by atoms with Gasteiger partial charge in [0.15, 0.2) is 0 Å². The van der Waals surface area contributed by atoms with Gasteiger partial charge in [-0.1, -0.05) is 43.2 Å². The first-order valence-electron chi connectivity index (χ1n) is 11.1. The van der Waals surface area contributed by atoms with Crippen LogP contribution in [-0.4, -0.2) is 79.1 Å². The molecule has 0 radical (unpaired) electrons. The van der Waals surface area contributed by atoms with Crippen LogP contribution >= 0.6 is 0 Å². The van der Waals surface area contributed by atoms with Gasteiger partial charge in [0.2, 0.25) is 5.91 Å². The fraction of sp³-hybridized carbons (Fsp3) is 0.696. The molecule has 3 aliphatic rings. The van der Waals surface area contributed by atoms with Crippen molar-refractivity contribution in [3.05, 3.63) is 35.9 Å². The van der Waals surface area contributed by atoms with E-state index in [1.165, 1.54) is 44.1 Å². The van der Waals surface area contributed by atoms with E-state index in [2.05, 4.69) is 46.0 Å². The summed E-state index contributed by atoms with van der Waals surface area (Å²) < 4.78 is 6.24. The Hall–Kier alpha value is -1.43. The quantitative estimate of drug-likeness (QED) is 0.754. The van der Waals surface area contributed by atoms with Crippen molar-refractivity contribution in [1.82, 2.24) is 14.7 Å². The molecule has 0 N–H and O–H groups in total. The van der Waals surface area contributed by atoms with Crippen molar-refractivity contribution in [2.24, 2.45) is 0 Å². The Morgan fingerprint density at radius 2 is 1.79 bits per heavy atom. The second-order valence-electron chi connectivity index (χ2n) is 8.71. The van der Waals surface area contributed by atoms with Crippen molar-refractivity contribution in [1.29, 1.82) is 0 Å². The summed E-state index contributed by atoms with van der Waals surface area (Å²) in [6.07, 6.45) is 7.65. The van der Waals surface area contributed by atoms with E-state index in [0.717, 1.165) is 19.6 Å². The number of likely N-dealkylation sites (tertiary alicyclic amines) is 1. The van der Waals surface area contributed by atoms with Gasteiger partial charge in [-0.05, 0) is 51.4 Å². The standard InChI is InChI=1S/C23H35N3O2/c1-24(20-11-5-6-12-20)18-22(27)26-15-16-28-21(17-25-13-7-8-14-25)23(26)19-9-3-2-4-10-19/h2-4,9-10,20-21,23H,5-8,11-18H2,1H3/t21-,23-/m0/s1. The minimum Gasteiger partial charge on any atom is -0.373 e. The average Bonchev–Trinajstić information content (AvgIpc) is 3.42. The normalized spacial score (nSPS) is 27.0. The smallest absolute Gasteiger partial charge is 0.237 e. The van der Waals surface area contributed by atoms with Crippen molar-refractivity contribution < 1.29 is 9.53 Å².